The summed E-state index contributed by atoms with van der Waals surface area (Å²) in [6, 6.07) is 0. The van der Waals surface area contributed by atoms with E-state index >= 15 is 0 Å². The van der Waals surface area contributed by atoms with Gasteiger partial charge in [0, 0.05) is 4.57 Å². The van der Waals surface area contributed by atoms with Crippen molar-refractivity contribution in [2.45, 2.75) is 4.33 Å². The Morgan fingerprint density at radius 2 is 1.77 bits per heavy atom. The first-order valence-electron chi connectivity index (χ1n) is 3.03. The molecule has 0 spiro atoms. The van der Waals surface area contributed by atoms with Gasteiger partial charge in [-0.3, -0.25) is 0 Å². The molecule has 0 saturated heterocycles. The Balaban J connectivity index is 0. The summed E-state index contributed by atoms with van der Waals surface area (Å²) in [5.74, 6) is 0.0482. The van der Waals surface area contributed by atoms with Gasteiger partial charge in [0.2, 0.25) is 0 Å². The molecular formula is C5H11Cl3O4P+. The van der Waals surface area contributed by atoms with E-state index in [2.05, 4.69) is 9.05 Å². The van der Waals surface area contributed by atoms with Crippen LogP contribution in [0.5, 0.6) is 0 Å². The van der Waals surface area contributed by atoms with Crippen LogP contribution in [0.15, 0.2) is 0 Å². The Hall–Kier alpha value is 0.850. The summed E-state index contributed by atoms with van der Waals surface area (Å²) < 4.78 is 17.1. The van der Waals surface area contributed by atoms with Gasteiger partial charge in [-0.25, -0.2) is 0 Å². The molecule has 80 valence electrons. The third-order valence-electron chi connectivity index (χ3n) is 0.725. The Labute approximate surface area is 93.0 Å². The second-order valence-electron chi connectivity index (χ2n) is 1.74. The van der Waals surface area contributed by atoms with Gasteiger partial charge >= 0.3 is 8.25 Å². The molecule has 0 radical (unpaired) electrons. The van der Waals surface area contributed by atoms with Crippen molar-refractivity contribution in [1.29, 1.82) is 0 Å². The van der Waals surface area contributed by atoms with Crippen molar-refractivity contribution in [1.82, 2.24) is 0 Å². The standard InChI is InChI=1S/C3H5Cl3O.C2H6O3P/c4-1-3(5,6)2-7;1-4-6(3)5-2/h7H,1-2H2;1-2H3/q;+1. The van der Waals surface area contributed by atoms with Crippen LogP contribution in [0.25, 0.3) is 0 Å². The fraction of sp³-hybridized carbons (Fsp3) is 1.00. The monoisotopic (exact) mass is 271 g/mol. The summed E-state index contributed by atoms with van der Waals surface area (Å²) >= 11 is 15.7. The van der Waals surface area contributed by atoms with Gasteiger partial charge in [0.25, 0.3) is 0 Å². The normalized spacial score (nSPS) is 10.3. The molecule has 1 N–H and O–H groups in total. The molecule has 0 aliphatic rings. The van der Waals surface area contributed by atoms with Crippen LogP contribution in [0.2, 0.25) is 0 Å². The third-order valence-corrected chi connectivity index (χ3v) is 2.56. The van der Waals surface area contributed by atoms with Gasteiger partial charge in [-0.15, -0.1) is 20.6 Å². The average Bonchev–Trinajstić information content (AvgIpc) is 2.17. The molecule has 0 unspecified atom stereocenters. The number of alkyl halides is 3. The second-order valence-corrected chi connectivity index (χ2v) is 4.82. The van der Waals surface area contributed by atoms with Crippen LogP contribution in [0.4, 0.5) is 0 Å². The predicted molar refractivity (Wildman–Crippen MR) is 53.9 cm³/mol. The minimum absolute atomic E-state index is 0.0482. The van der Waals surface area contributed by atoms with Gasteiger partial charge < -0.3 is 5.11 Å². The van der Waals surface area contributed by atoms with E-state index in [-0.39, 0.29) is 12.5 Å². The second kappa shape index (κ2) is 9.41. The van der Waals surface area contributed by atoms with Gasteiger partial charge in [0.1, 0.15) is 0 Å². The van der Waals surface area contributed by atoms with E-state index in [1.807, 2.05) is 0 Å². The van der Waals surface area contributed by atoms with Crippen LogP contribution in [-0.4, -0.2) is 36.1 Å². The van der Waals surface area contributed by atoms with Crippen molar-refractivity contribution in [3.05, 3.63) is 0 Å². The third kappa shape index (κ3) is 12.8. The first-order chi connectivity index (χ1) is 5.93. The van der Waals surface area contributed by atoms with Crippen LogP contribution in [0.1, 0.15) is 0 Å². The van der Waals surface area contributed by atoms with E-state index in [1.54, 1.807) is 0 Å². The number of hydrogen-bond acceptors (Lipinski definition) is 4. The van der Waals surface area contributed by atoms with Gasteiger partial charge in [-0.1, -0.05) is 23.2 Å². The first-order valence-corrected chi connectivity index (χ1v) is 5.42. The van der Waals surface area contributed by atoms with Crippen molar-refractivity contribution in [2.24, 2.45) is 0 Å². The van der Waals surface area contributed by atoms with Crippen molar-refractivity contribution >= 4 is 43.1 Å². The first kappa shape index (κ1) is 16.3. The minimum Gasteiger partial charge on any atom is -0.393 e. The highest BCUT2D eigenvalue weighted by Gasteiger charge is 2.20. The lowest BCUT2D eigenvalue weighted by molar-refractivity contribution is 0.287. The summed E-state index contributed by atoms with van der Waals surface area (Å²) in [7, 11) is 0.817. The molecule has 0 amide bonds. The number of aliphatic hydroxyl groups excluding tert-OH is 1. The maximum Gasteiger partial charge on any atom is 0.696 e. The molecule has 0 aromatic carbocycles. The quantitative estimate of drug-likeness (QED) is 0.630. The Kier molecular flexibility index (Phi) is 11.8. The molecule has 0 aromatic heterocycles. The molecule has 0 saturated carbocycles. The highest BCUT2D eigenvalue weighted by Crippen LogP contribution is 2.20. The van der Waals surface area contributed by atoms with E-state index in [9.17, 15) is 4.57 Å². The van der Waals surface area contributed by atoms with Crippen LogP contribution in [0.3, 0.4) is 0 Å². The molecule has 8 heteroatoms. The van der Waals surface area contributed by atoms with E-state index < -0.39 is 12.6 Å². The molecule has 0 rings (SSSR count). The molecule has 0 aromatic rings. The lowest BCUT2D eigenvalue weighted by Crippen LogP contribution is -2.19. The lowest BCUT2D eigenvalue weighted by Gasteiger charge is -2.09. The van der Waals surface area contributed by atoms with E-state index in [4.69, 9.17) is 39.9 Å². The van der Waals surface area contributed by atoms with E-state index in [1.165, 1.54) is 14.2 Å². The molecule has 4 nitrogen and oxygen atoms in total. The van der Waals surface area contributed by atoms with Crippen molar-refractivity contribution in [2.75, 3.05) is 26.7 Å². The lowest BCUT2D eigenvalue weighted by atomic mass is 10.5. The van der Waals surface area contributed by atoms with Gasteiger partial charge in [-0.2, -0.15) is 0 Å². The summed E-state index contributed by atoms with van der Waals surface area (Å²) in [5, 5.41) is 8.25. The van der Waals surface area contributed by atoms with Crippen LogP contribution >= 0.6 is 43.1 Å². The topological polar surface area (TPSA) is 55.8 Å². The molecule has 13 heavy (non-hydrogen) atoms. The number of halogens is 3. The number of aliphatic hydroxyl groups is 1. The summed E-state index contributed by atoms with van der Waals surface area (Å²) in [4.78, 5) is 0. The van der Waals surface area contributed by atoms with Crippen molar-refractivity contribution in [3.63, 3.8) is 0 Å². The van der Waals surface area contributed by atoms with Gasteiger partial charge in [-0.05, 0) is 0 Å². The van der Waals surface area contributed by atoms with Crippen LogP contribution in [-0.2, 0) is 13.6 Å². The average molecular weight is 272 g/mol. The SMILES string of the molecule is CO[P+](=O)OC.OCC(Cl)(Cl)CCl. The summed E-state index contributed by atoms with van der Waals surface area (Å²) in [5.41, 5.74) is 0. The number of rotatable bonds is 4. The summed E-state index contributed by atoms with van der Waals surface area (Å²) in [6.45, 7) is -0.306. The molecule has 0 aliphatic heterocycles. The maximum absolute atomic E-state index is 9.88. The fourth-order valence-electron chi connectivity index (χ4n) is 0.117. The highest BCUT2D eigenvalue weighted by atomic mass is 35.5. The van der Waals surface area contributed by atoms with Gasteiger partial charge in [0.15, 0.2) is 4.33 Å². The predicted octanol–water partition coefficient (Wildman–Crippen LogP) is 2.33. The van der Waals surface area contributed by atoms with Gasteiger partial charge in [0.05, 0.1) is 26.7 Å². The Bertz CT molecular complexity index is 132. The summed E-state index contributed by atoms with van der Waals surface area (Å²) in [6.07, 6.45) is 0. The zero-order valence-electron chi connectivity index (χ0n) is 7.17. The zero-order valence-corrected chi connectivity index (χ0v) is 10.3. The van der Waals surface area contributed by atoms with Crippen LogP contribution < -0.4 is 0 Å². The molecule has 0 aliphatic carbocycles. The molecular weight excluding hydrogens is 261 g/mol. The number of hydrogen-bond donors (Lipinski definition) is 1. The minimum atomic E-state index is -1.83. The van der Waals surface area contributed by atoms with E-state index in [0.717, 1.165) is 0 Å². The smallest absolute Gasteiger partial charge is 0.393 e. The maximum atomic E-state index is 9.88. The molecule has 0 bridgehead atoms. The van der Waals surface area contributed by atoms with E-state index in [0.29, 0.717) is 0 Å². The van der Waals surface area contributed by atoms with Crippen molar-refractivity contribution < 1.29 is 18.7 Å². The van der Waals surface area contributed by atoms with Crippen molar-refractivity contribution in [3.8, 4) is 0 Å². The highest BCUT2D eigenvalue weighted by molar-refractivity contribution is 7.33. The fourth-order valence-corrected chi connectivity index (χ4v) is 0.350. The molecule has 0 heterocycles. The molecule has 0 atom stereocenters. The largest absolute Gasteiger partial charge is 0.696 e. The Morgan fingerprint density at radius 1 is 1.38 bits per heavy atom. The molecule has 0 fully saturated rings. The zero-order chi connectivity index (χ0) is 10.9. The Morgan fingerprint density at radius 3 is 1.77 bits per heavy atom. The van der Waals surface area contributed by atoms with Crippen LogP contribution in [0, 0.1) is 0 Å².